The number of hydrogen-bond acceptors (Lipinski definition) is 3. The molecule has 5 heteroatoms. The zero-order valence-electron chi connectivity index (χ0n) is 13.4. The lowest BCUT2D eigenvalue weighted by molar-refractivity contribution is -0.120. The molecule has 0 saturated heterocycles. The molecule has 1 amide bonds. The predicted molar refractivity (Wildman–Crippen MR) is 92.3 cm³/mol. The van der Waals surface area contributed by atoms with Gasteiger partial charge in [-0.25, -0.2) is 0 Å². The molecule has 2 aromatic carbocycles. The van der Waals surface area contributed by atoms with E-state index in [9.17, 15) is 4.79 Å². The normalized spacial score (nSPS) is 11.1. The monoisotopic (exact) mass is 311 g/mol. The largest absolute Gasteiger partial charge is 0.384 e. The number of rotatable bonds is 6. The van der Waals surface area contributed by atoms with Crippen LogP contribution in [0.25, 0.3) is 0 Å². The summed E-state index contributed by atoms with van der Waals surface area (Å²) in [6.45, 7) is 3.77. The number of carbonyl (C=O) groups excluding carboxylic acids is 1. The van der Waals surface area contributed by atoms with Gasteiger partial charge in [0.2, 0.25) is 0 Å². The quantitative estimate of drug-likeness (QED) is 0.489. The number of anilines is 1. The number of aryl methyl sites for hydroxylation is 2. The topological polar surface area (TPSA) is 76.7 Å². The molecule has 2 rings (SSSR count). The number of nitrogens with zero attached hydrogens (tertiary/aromatic N) is 1. The Kier molecular flexibility index (Phi) is 5.74. The number of hydrogen-bond donors (Lipinski definition) is 2. The minimum Gasteiger partial charge on any atom is -0.384 e. The van der Waals surface area contributed by atoms with Crippen LogP contribution >= 0.6 is 0 Å². The molecular formula is C18H21N3O2. The third-order valence-corrected chi connectivity index (χ3v) is 3.26. The van der Waals surface area contributed by atoms with Crippen LogP contribution in [0.2, 0.25) is 0 Å². The Bertz CT molecular complexity index is 697. The van der Waals surface area contributed by atoms with E-state index in [1.165, 1.54) is 0 Å². The second kappa shape index (κ2) is 7.98. The second-order valence-electron chi connectivity index (χ2n) is 5.38. The molecule has 0 aliphatic carbocycles. The first-order valence-corrected chi connectivity index (χ1v) is 7.40. The summed E-state index contributed by atoms with van der Waals surface area (Å²) in [5.74, 6) is 0.0590. The summed E-state index contributed by atoms with van der Waals surface area (Å²) >= 11 is 0. The van der Waals surface area contributed by atoms with Gasteiger partial charge in [-0.15, -0.1) is 0 Å². The van der Waals surface area contributed by atoms with E-state index in [0.29, 0.717) is 12.3 Å². The molecular weight excluding hydrogens is 290 g/mol. The second-order valence-corrected chi connectivity index (χ2v) is 5.38. The molecule has 0 unspecified atom stereocenters. The van der Waals surface area contributed by atoms with Crippen LogP contribution in [0, 0.1) is 13.8 Å². The van der Waals surface area contributed by atoms with Crippen LogP contribution in [0.1, 0.15) is 16.7 Å². The van der Waals surface area contributed by atoms with Crippen molar-refractivity contribution in [1.82, 2.24) is 0 Å². The van der Waals surface area contributed by atoms with Crippen molar-refractivity contribution in [2.24, 2.45) is 10.9 Å². The number of nitrogens with two attached hydrogens (primary N) is 1. The zero-order valence-corrected chi connectivity index (χ0v) is 13.4. The van der Waals surface area contributed by atoms with Gasteiger partial charge in [-0.1, -0.05) is 53.2 Å². The molecule has 0 aromatic heterocycles. The summed E-state index contributed by atoms with van der Waals surface area (Å²) < 4.78 is 0. The molecule has 0 spiro atoms. The van der Waals surface area contributed by atoms with Crippen molar-refractivity contribution >= 4 is 17.4 Å². The van der Waals surface area contributed by atoms with E-state index in [1.807, 2.05) is 62.4 Å². The SMILES string of the molecule is Cc1ccc(NC(=O)CO/N=C(/N)Cc2ccccc2)c(C)c1. The van der Waals surface area contributed by atoms with Crippen LogP contribution in [-0.4, -0.2) is 18.3 Å². The summed E-state index contributed by atoms with van der Waals surface area (Å²) in [5.41, 5.74) is 9.74. The van der Waals surface area contributed by atoms with E-state index in [2.05, 4.69) is 10.5 Å². The van der Waals surface area contributed by atoms with Crippen molar-refractivity contribution in [1.29, 1.82) is 0 Å². The fourth-order valence-electron chi connectivity index (χ4n) is 2.15. The van der Waals surface area contributed by atoms with Crippen LogP contribution in [0.5, 0.6) is 0 Å². The summed E-state index contributed by atoms with van der Waals surface area (Å²) in [4.78, 5) is 16.9. The summed E-state index contributed by atoms with van der Waals surface area (Å²) in [7, 11) is 0. The van der Waals surface area contributed by atoms with Crippen molar-refractivity contribution in [3.63, 3.8) is 0 Å². The Labute approximate surface area is 136 Å². The molecule has 0 fully saturated rings. The van der Waals surface area contributed by atoms with Crippen LogP contribution in [-0.2, 0) is 16.1 Å². The van der Waals surface area contributed by atoms with E-state index in [4.69, 9.17) is 10.6 Å². The van der Waals surface area contributed by atoms with Gasteiger partial charge in [-0.3, -0.25) is 4.79 Å². The molecule has 0 aliphatic rings. The maximum absolute atomic E-state index is 11.8. The minimum atomic E-state index is -0.270. The molecule has 120 valence electrons. The Hall–Kier alpha value is -2.82. The molecule has 5 nitrogen and oxygen atoms in total. The maximum Gasteiger partial charge on any atom is 0.265 e. The molecule has 3 N–H and O–H groups in total. The summed E-state index contributed by atoms with van der Waals surface area (Å²) in [5, 5.41) is 6.56. The van der Waals surface area contributed by atoms with Crippen LogP contribution < -0.4 is 11.1 Å². The highest BCUT2D eigenvalue weighted by Gasteiger charge is 2.05. The van der Waals surface area contributed by atoms with Gasteiger partial charge in [0, 0.05) is 12.1 Å². The van der Waals surface area contributed by atoms with Gasteiger partial charge < -0.3 is 15.9 Å². The lowest BCUT2D eigenvalue weighted by atomic mass is 10.1. The number of benzene rings is 2. The Morgan fingerprint density at radius 3 is 2.61 bits per heavy atom. The molecule has 0 heterocycles. The van der Waals surface area contributed by atoms with Gasteiger partial charge in [0.25, 0.3) is 5.91 Å². The molecule has 0 aliphatic heterocycles. The first-order valence-electron chi connectivity index (χ1n) is 7.40. The zero-order chi connectivity index (χ0) is 16.7. The Morgan fingerprint density at radius 1 is 1.17 bits per heavy atom. The average molecular weight is 311 g/mol. The van der Waals surface area contributed by atoms with Gasteiger partial charge in [0.15, 0.2) is 6.61 Å². The fourth-order valence-corrected chi connectivity index (χ4v) is 2.15. The van der Waals surface area contributed by atoms with Crippen LogP contribution in [0.3, 0.4) is 0 Å². The highest BCUT2D eigenvalue weighted by Crippen LogP contribution is 2.15. The Morgan fingerprint density at radius 2 is 1.91 bits per heavy atom. The van der Waals surface area contributed by atoms with Gasteiger partial charge in [-0.2, -0.15) is 0 Å². The predicted octanol–water partition coefficient (Wildman–Crippen LogP) is 2.77. The fraction of sp³-hybridized carbons (Fsp3) is 0.222. The van der Waals surface area contributed by atoms with E-state index in [0.717, 1.165) is 22.4 Å². The van der Waals surface area contributed by atoms with E-state index in [-0.39, 0.29) is 12.5 Å². The van der Waals surface area contributed by atoms with Crippen molar-refractivity contribution in [3.05, 3.63) is 65.2 Å². The number of carbonyl (C=O) groups is 1. The number of amides is 1. The molecule has 0 atom stereocenters. The van der Waals surface area contributed by atoms with Crippen molar-refractivity contribution in [2.75, 3.05) is 11.9 Å². The molecule has 23 heavy (non-hydrogen) atoms. The maximum atomic E-state index is 11.8. The number of amidine groups is 1. The van der Waals surface area contributed by atoms with Crippen LogP contribution in [0.15, 0.2) is 53.7 Å². The highest BCUT2D eigenvalue weighted by atomic mass is 16.6. The molecule has 2 aromatic rings. The van der Waals surface area contributed by atoms with Crippen molar-refractivity contribution in [3.8, 4) is 0 Å². The minimum absolute atomic E-state index is 0.178. The van der Waals surface area contributed by atoms with Gasteiger partial charge in [0.1, 0.15) is 5.84 Å². The summed E-state index contributed by atoms with van der Waals surface area (Å²) in [6, 6.07) is 15.5. The third kappa shape index (κ3) is 5.47. The lowest BCUT2D eigenvalue weighted by Crippen LogP contribution is -2.20. The summed E-state index contributed by atoms with van der Waals surface area (Å²) in [6.07, 6.45) is 0.486. The highest BCUT2D eigenvalue weighted by molar-refractivity contribution is 5.92. The number of oxime groups is 1. The standard InChI is InChI=1S/C18H21N3O2/c1-13-8-9-16(14(2)10-13)20-18(22)12-23-21-17(19)11-15-6-4-3-5-7-15/h3-10H,11-12H2,1-2H3,(H2,19,21)(H,20,22). The smallest absolute Gasteiger partial charge is 0.265 e. The molecule has 0 radical (unpaired) electrons. The lowest BCUT2D eigenvalue weighted by Gasteiger charge is -2.08. The first-order chi connectivity index (χ1) is 11.0. The van der Waals surface area contributed by atoms with Crippen molar-refractivity contribution in [2.45, 2.75) is 20.3 Å². The van der Waals surface area contributed by atoms with Gasteiger partial charge in [0.05, 0.1) is 0 Å². The Balaban J connectivity index is 1.81. The van der Waals surface area contributed by atoms with Gasteiger partial charge >= 0.3 is 0 Å². The molecule has 0 bridgehead atoms. The van der Waals surface area contributed by atoms with Crippen LogP contribution in [0.4, 0.5) is 5.69 Å². The van der Waals surface area contributed by atoms with E-state index in [1.54, 1.807) is 0 Å². The van der Waals surface area contributed by atoms with E-state index >= 15 is 0 Å². The molecule has 0 saturated carbocycles. The third-order valence-electron chi connectivity index (χ3n) is 3.26. The van der Waals surface area contributed by atoms with E-state index < -0.39 is 0 Å². The number of nitrogens with one attached hydrogen (secondary N) is 1. The van der Waals surface area contributed by atoms with Crippen molar-refractivity contribution < 1.29 is 9.63 Å². The first kappa shape index (κ1) is 16.5. The van der Waals surface area contributed by atoms with Gasteiger partial charge in [-0.05, 0) is 31.0 Å². The average Bonchev–Trinajstić information content (AvgIpc) is 2.51.